The molecule has 1 fully saturated rings. The number of nitriles is 1. The average molecular weight is 446 g/mol. The Labute approximate surface area is 195 Å². The SMILES string of the molecule is Cc1cnc(NC(=O)[C@H]2CCC[C@@H](NC(=O)CC#N)C2)cc1-c1cccc2c1CC(C)(C)N2. The van der Waals surface area contributed by atoms with Crippen LogP contribution in [0, 0.1) is 24.2 Å². The van der Waals surface area contributed by atoms with Crippen molar-refractivity contribution in [2.24, 2.45) is 5.92 Å². The first kappa shape index (κ1) is 22.8. The van der Waals surface area contributed by atoms with Crippen LogP contribution in [0.3, 0.4) is 0 Å². The highest BCUT2D eigenvalue weighted by molar-refractivity contribution is 5.93. The van der Waals surface area contributed by atoms with E-state index < -0.39 is 0 Å². The van der Waals surface area contributed by atoms with Crippen LogP contribution in [0.4, 0.5) is 11.5 Å². The van der Waals surface area contributed by atoms with Crippen LogP contribution in [0.2, 0.25) is 0 Å². The van der Waals surface area contributed by atoms with Crippen molar-refractivity contribution in [3.8, 4) is 17.2 Å². The maximum Gasteiger partial charge on any atom is 0.234 e. The van der Waals surface area contributed by atoms with E-state index >= 15 is 0 Å². The van der Waals surface area contributed by atoms with E-state index in [4.69, 9.17) is 5.26 Å². The number of nitrogens with zero attached hydrogens (tertiary/aromatic N) is 2. The fraction of sp³-hybridized carbons (Fsp3) is 0.462. The summed E-state index contributed by atoms with van der Waals surface area (Å²) in [6, 6.07) is 10.1. The summed E-state index contributed by atoms with van der Waals surface area (Å²) in [5, 5.41) is 18.1. The zero-order chi connectivity index (χ0) is 23.6. The van der Waals surface area contributed by atoms with Gasteiger partial charge in [-0.25, -0.2) is 4.98 Å². The third kappa shape index (κ3) is 5.16. The lowest BCUT2D eigenvalue weighted by Crippen LogP contribution is -2.40. The number of fused-ring (bicyclic) bond motifs is 1. The van der Waals surface area contributed by atoms with Crippen LogP contribution in [0.1, 0.15) is 57.1 Å². The minimum absolute atomic E-state index is 0.0105. The topological polar surface area (TPSA) is 107 Å². The largest absolute Gasteiger partial charge is 0.380 e. The maximum absolute atomic E-state index is 13.0. The summed E-state index contributed by atoms with van der Waals surface area (Å²) in [6.07, 6.45) is 5.64. The van der Waals surface area contributed by atoms with Crippen LogP contribution >= 0.6 is 0 Å². The van der Waals surface area contributed by atoms with Gasteiger partial charge in [0.05, 0.1) is 6.07 Å². The highest BCUT2D eigenvalue weighted by Crippen LogP contribution is 2.40. The quantitative estimate of drug-likeness (QED) is 0.635. The molecule has 7 nitrogen and oxygen atoms in total. The highest BCUT2D eigenvalue weighted by Gasteiger charge is 2.30. The van der Waals surface area contributed by atoms with Gasteiger partial charge in [0.1, 0.15) is 12.2 Å². The molecule has 2 aromatic rings. The van der Waals surface area contributed by atoms with Crippen molar-refractivity contribution >= 4 is 23.3 Å². The zero-order valence-electron chi connectivity index (χ0n) is 19.5. The number of carbonyl (C=O) groups excluding carboxylic acids is 2. The molecule has 172 valence electrons. The van der Waals surface area contributed by atoms with Crippen molar-refractivity contribution in [2.75, 3.05) is 10.6 Å². The van der Waals surface area contributed by atoms with Gasteiger partial charge in [-0.15, -0.1) is 0 Å². The van der Waals surface area contributed by atoms with Crippen molar-refractivity contribution in [3.63, 3.8) is 0 Å². The Balaban J connectivity index is 1.49. The van der Waals surface area contributed by atoms with Crippen molar-refractivity contribution in [3.05, 3.63) is 41.6 Å². The number of aromatic nitrogens is 1. The standard InChI is InChI=1S/C26H31N5O2/c1-16-15-28-23(13-20(16)19-8-5-9-22-21(19)14-26(2,3)31-22)30-25(33)17-6-4-7-18(12-17)29-24(32)10-11-27/h5,8-9,13,15,17-18,31H,4,6-7,10,12,14H2,1-3H3,(H,29,32)(H,28,30,33)/t17-,18+/m0/s1. The molecule has 0 saturated heterocycles. The molecule has 33 heavy (non-hydrogen) atoms. The van der Waals surface area contributed by atoms with Gasteiger partial charge in [0.15, 0.2) is 0 Å². The number of pyridine rings is 1. The van der Waals surface area contributed by atoms with Gasteiger partial charge in [0.2, 0.25) is 11.8 Å². The Kier molecular flexibility index (Phi) is 6.37. The van der Waals surface area contributed by atoms with Gasteiger partial charge in [0.25, 0.3) is 0 Å². The number of carbonyl (C=O) groups is 2. The van der Waals surface area contributed by atoms with E-state index in [0.29, 0.717) is 12.2 Å². The van der Waals surface area contributed by atoms with E-state index in [-0.39, 0.29) is 35.7 Å². The number of hydrogen-bond donors (Lipinski definition) is 3. The predicted octanol–water partition coefficient (Wildman–Crippen LogP) is 4.33. The van der Waals surface area contributed by atoms with Gasteiger partial charge in [-0.05, 0) is 80.8 Å². The normalized spacial score (nSPS) is 20.8. The first-order valence-electron chi connectivity index (χ1n) is 11.6. The maximum atomic E-state index is 13.0. The number of benzene rings is 1. The third-order valence-electron chi connectivity index (χ3n) is 6.56. The molecule has 0 bridgehead atoms. The molecule has 0 spiro atoms. The molecule has 3 N–H and O–H groups in total. The number of rotatable bonds is 5. The first-order chi connectivity index (χ1) is 15.8. The van der Waals surface area contributed by atoms with Crippen molar-refractivity contribution in [1.82, 2.24) is 10.3 Å². The second-order valence-electron chi connectivity index (χ2n) is 9.85. The smallest absolute Gasteiger partial charge is 0.234 e. The summed E-state index contributed by atoms with van der Waals surface area (Å²) in [5.41, 5.74) is 5.75. The summed E-state index contributed by atoms with van der Waals surface area (Å²) >= 11 is 0. The van der Waals surface area contributed by atoms with Crippen LogP contribution < -0.4 is 16.0 Å². The van der Waals surface area contributed by atoms with Gasteiger partial charge < -0.3 is 16.0 Å². The Morgan fingerprint density at radius 1 is 1.27 bits per heavy atom. The fourth-order valence-corrected chi connectivity index (χ4v) is 5.02. The average Bonchev–Trinajstić information content (AvgIpc) is 3.09. The van der Waals surface area contributed by atoms with Gasteiger partial charge in [-0.3, -0.25) is 9.59 Å². The van der Waals surface area contributed by atoms with Crippen LogP contribution in [-0.4, -0.2) is 28.4 Å². The lowest BCUT2D eigenvalue weighted by molar-refractivity contribution is -0.124. The summed E-state index contributed by atoms with van der Waals surface area (Å²) in [7, 11) is 0. The molecular weight excluding hydrogens is 414 g/mol. The summed E-state index contributed by atoms with van der Waals surface area (Å²) in [5.74, 6) is 0.00167. The molecule has 0 radical (unpaired) electrons. The summed E-state index contributed by atoms with van der Waals surface area (Å²) in [4.78, 5) is 29.2. The number of nitrogens with one attached hydrogen (secondary N) is 3. The molecule has 2 aliphatic rings. The second-order valence-corrected chi connectivity index (χ2v) is 9.85. The molecule has 2 heterocycles. The fourth-order valence-electron chi connectivity index (χ4n) is 5.02. The van der Waals surface area contributed by atoms with E-state index in [1.54, 1.807) is 0 Å². The van der Waals surface area contributed by atoms with E-state index in [2.05, 4.69) is 53.0 Å². The van der Waals surface area contributed by atoms with E-state index in [1.807, 2.05) is 25.3 Å². The van der Waals surface area contributed by atoms with Crippen molar-refractivity contribution < 1.29 is 9.59 Å². The molecule has 4 rings (SSSR count). The number of amides is 2. The van der Waals surface area contributed by atoms with E-state index in [0.717, 1.165) is 42.5 Å². The number of anilines is 2. The molecule has 1 saturated carbocycles. The lowest BCUT2D eigenvalue weighted by Gasteiger charge is -2.28. The Hall–Kier alpha value is -3.40. The summed E-state index contributed by atoms with van der Waals surface area (Å²) in [6.45, 7) is 6.43. The lowest BCUT2D eigenvalue weighted by atomic mass is 9.85. The molecule has 1 aliphatic carbocycles. The van der Waals surface area contributed by atoms with E-state index in [1.165, 1.54) is 11.1 Å². The number of aryl methyl sites for hydroxylation is 1. The van der Waals surface area contributed by atoms with Crippen LogP contribution in [0.5, 0.6) is 0 Å². The van der Waals surface area contributed by atoms with Gasteiger partial charge in [0, 0.05) is 29.4 Å². The molecule has 2 atom stereocenters. The van der Waals surface area contributed by atoms with Crippen LogP contribution in [-0.2, 0) is 16.0 Å². The van der Waals surface area contributed by atoms with Crippen molar-refractivity contribution in [2.45, 2.75) is 70.9 Å². The molecule has 0 unspecified atom stereocenters. The van der Waals surface area contributed by atoms with E-state index in [9.17, 15) is 9.59 Å². The second kappa shape index (κ2) is 9.22. The molecule has 7 heteroatoms. The van der Waals surface area contributed by atoms with Crippen LogP contribution in [0.15, 0.2) is 30.5 Å². The molecular formula is C26H31N5O2. The zero-order valence-corrected chi connectivity index (χ0v) is 19.5. The molecule has 1 aromatic heterocycles. The predicted molar refractivity (Wildman–Crippen MR) is 129 cm³/mol. The summed E-state index contributed by atoms with van der Waals surface area (Å²) < 4.78 is 0. The monoisotopic (exact) mass is 445 g/mol. The molecule has 1 aromatic carbocycles. The minimum Gasteiger partial charge on any atom is -0.380 e. The van der Waals surface area contributed by atoms with Crippen molar-refractivity contribution in [1.29, 1.82) is 5.26 Å². The third-order valence-corrected chi connectivity index (χ3v) is 6.56. The highest BCUT2D eigenvalue weighted by atomic mass is 16.2. The van der Waals surface area contributed by atoms with Gasteiger partial charge >= 0.3 is 0 Å². The number of hydrogen-bond acceptors (Lipinski definition) is 5. The first-order valence-corrected chi connectivity index (χ1v) is 11.6. The van der Waals surface area contributed by atoms with Gasteiger partial charge in [-0.1, -0.05) is 18.6 Å². The van der Waals surface area contributed by atoms with Crippen LogP contribution in [0.25, 0.3) is 11.1 Å². The minimum atomic E-state index is -0.276. The molecule has 1 aliphatic heterocycles. The Bertz CT molecular complexity index is 1120. The Morgan fingerprint density at radius 3 is 2.88 bits per heavy atom. The van der Waals surface area contributed by atoms with Gasteiger partial charge in [-0.2, -0.15) is 5.26 Å². The molecule has 2 amide bonds. The Morgan fingerprint density at radius 2 is 2.09 bits per heavy atom.